The molecule has 1 amide bonds. The third-order valence-corrected chi connectivity index (χ3v) is 3.77. The van der Waals surface area contributed by atoms with Crippen LogP contribution in [0.1, 0.15) is 11.1 Å². The van der Waals surface area contributed by atoms with E-state index in [1.54, 1.807) is 0 Å². The summed E-state index contributed by atoms with van der Waals surface area (Å²) in [6.07, 6.45) is 0.974. The molecule has 4 nitrogen and oxygen atoms in total. The number of benzene rings is 2. The summed E-state index contributed by atoms with van der Waals surface area (Å²) in [6.45, 7) is 1.82. The van der Waals surface area contributed by atoms with Gasteiger partial charge in [0.05, 0.1) is 6.54 Å². The molecule has 0 saturated heterocycles. The van der Waals surface area contributed by atoms with Crippen LogP contribution in [0.3, 0.4) is 0 Å². The Kier molecular flexibility index (Phi) is 3.77. The summed E-state index contributed by atoms with van der Waals surface area (Å²) < 4.78 is 0. The molecule has 0 radical (unpaired) electrons. The molecular weight excluding hydrogens is 262 g/mol. The maximum absolute atomic E-state index is 12.1. The first-order chi connectivity index (χ1) is 10.2. The molecule has 0 fully saturated rings. The minimum absolute atomic E-state index is 0.0362. The molecule has 0 atom stereocenters. The largest absolute Gasteiger partial charge is 0.399 e. The molecule has 0 spiro atoms. The topological polar surface area (TPSA) is 58.4 Å². The van der Waals surface area contributed by atoms with Crippen LogP contribution in [0.2, 0.25) is 0 Å². The maximum Gasteiger partial charge on any atom is 0.239 e. The van der Waals surface area contributed by atoms with E-state index in [9.17, 15) is 4.79 Å². The zero-order chi connectivity index (χ0) is 14.7. The molecule has 1 aliphatic rings. The number of rotatable bonds is 4. The van der Waals surface area contributed by atoms with Gasteiger partial charge in [-0.3, -0.25) is 4.79 Å². The Morgan fingerprint density at radius 2 is 2.00 bits per heavy atom. The molecule has 1 heterocycles. The third kappa shape index (κ3) is 3.16. The van der Waals surface area contributed by atoms with Gasteiger partial charge in [-0.2, -0.15) is 0 Å². The highest BCUT2D eigenvalue weighted by Crippen LogP contribution is 2.29. The Morgan fingerprint density at radius 3 is 2.81 bits per heavy atom. The average molecular weight is 281 g/mol. The monoisotopic (exact) mass is 281 g/mol. The van der Waals surface area contributed by atoms with Crippen molar-refractivity contribution < 1.29 is 4.79 Å². The van der Waals surface area contributed by atoms with Crippen molar-refractivity contribution in [2.24, 2.45) is 0 Å². The molecule has 0 bridgehead atoms. The second-order valence-electron chi connectivity index (χ2n) is 5.32. The van der Waals surface area contributed by atoms with E-state index in [1.165, 1.54) is 5.56 Å². The van der Waals surface area contributed by atoms with E-state index in [0.717, 1.165) is 29.9 Å². The van der Waals surface area contributed by atoms with E-state index in [0.29, 0.717) is 13.1 Å². The van der Waals surface area contributed by atoms with Crippen molar-refractivity contribution in [3.05, 3.63) is 59.7 Å². The highest BCUT2D eigenvalue weighted by molar-refractivity contribution is 5.82. The number of carbonyl (C=O) groups excluding carboxylic acids is 1. The van der Waals surface area contributed by atoms with Gasteiger partial charge in [0.2, 0.25) is 5.91 Å². The van der Waals surface area contributed by atoms with Gasteiger partial charge in [-0.05, 0) is 29.7 Å². The number of nitrogen functional groups attached to an aromatic ring is 1. The van der Waals surface area contributed by atoms with Crippen molar-refractivity contribution >= 4 is 17.3 Å². The van der Waals surface area contributed by atoms with Gasteiger partial charge in [0, 0.05) is 24.5 Å². The lowest BCUT2D eigenvalue weighted by Crippen LogP contribution is -2.36. The van der Waals surface area contributed by atoms with Crippen LogP contribution in [0, 0.1) is 0 Å². The number of anilines is 2. The van der Waals surface area contributed by atoms with Gasteiger partial charge in [-0.25, -0.2) is 0 Å². The molecule has 3 rings (SSSR count). The number of fused-ring (bicyclic) bond motifs is 1. The Bertz CT molecular complexity index is 640. The van der Waals surface area contributed by atoms with Crippen molar-refractivity contribution in [2.45, 2.75) is 13.0 Å². The summed E-state index contributed by atoms with van der Waals surface area (Å²) in [5, 5.41) is 2.96. The Hall–Kier alpha value is -2.49. The van der Waals surface area contributed by atoms with Gasteiger partial charge in [0.1, 0.15) is 0 Å². The van der Waals surface area contributed by atoms with Gasteiger partial charge in [-0.1, -0.05) is 36.4 Å². The van der Waals surface area contributed by atoms with E-state index in [4.69, 9.17) is 5.73 Å². The zero-order valence-corrected chi connectivity index (χ0v) is 11.9. The maximum atomic E-state index is 12.1. The molecule has 2 aromatic carbocycles. The van der Waals surface area contributed by atoms with Crippen LogP contribution in [0.25, 0.3) is 0 Å². The van der Waals surface area contributed by atoms with Crippen LogP contribution in [0.4, 0.5) is 11.4 Å². The summed E-state index contributed by atoms with van der Waals surface area (Å²) >= 11 is 0. The SMILES string of the molecule is Nc1ccc2c(c1)N(CC(=O)NCc1ccccc1)CC2. The number of amides is 1. The summed E-state index contributed by atoms with van der Waals surface area (Å²) in [7, 11) is 0. The Labute approximate surface area is 124 Å². The molecule has 108 valence electrons. The molecule has 3 N–H and O–H groups in total. The minimum Gasteiger partial charge on any atom is -0.399 e. The smallest absolute Gasteiger partial charge is 0.239 e. The Balaban J connectivity index is 1.58. The van der Waals surface area contributed by atoms with Crippen molar-refractivity contribution in [3.63, 3.8) is 0 Å². The third-order valence-electron chi connectivity index (χ3n) is 3.77. The van der Waals surface area contributed by atoms with Crippen molar-refractivity contribution in [1.29, 1.82) is 0 Å². The van der Waals surface area contributed by atoms with Gasteiger partial charge in [0.15, 0.2) is 0 Å². The van der Waals surface area contributed by atoms with Gasteiger partial charge in [-0.15, -0.1) is 0 Å². The fourth-order valence-corrected chi connectivity index (χ4v) is 2.65. The first kappa shape index (κ1) is 13.5. The van der Waals surface area contributed by atoms with Gasteiger partial charge in [0.25, 0.3) is 0 Å². The van der Waals surface area contributed by atoms with Crippen molar-refractivity contribution in [1.82, 2.24) is 5.32 Å². The minimum atomic E-state index is 0.0362. The highest BCUT2D eigenvalue weighted by Gasteiger charge is 2.20. The second kappa shape index (κ2) is 5.87. The van der Waals surface area contributed by atoms with Crippen molar-refractivity contribution in [2.75, 3.05) is 23.7 Å². The number of nitrogens with one attached hydrogen (secondary N) is 1. The summed E-state index contributed by atoms with van der Waals surface area (Å²) in [5.74, 6) is 0.0362. The first-order valence-corrected chi connectivity index (χ1v) is 7.16. The lowest BCUT2D eigenvalue weighted by Gasteiger charge is -2.19. The van der Waals surface area contributed by atoms with Crippen LogP contribution in [0.15, 0.2) is 48.5 Å². The fourth-order valence-electron chi connectivity index (χ4n) is 2.65. The lowest BCUT2D eigenvalue weighted by atomic mass is 10.1. The zero-order valence-electron chi connectivity index (χ0n) is 11.9. The number of carbonyl (C=O) groups is 1. The van der Waals surface area contributed by atoms with Crippen LogP contribution in [0.5, 0.6) is 0 Å². The number of hydrogen-bond acceptors (Lipinski definition) is 3. The molecule has 0 aliphatic carbocycles. The predicted molar refractivity (Wildman–Crippen MR) is 85.1 cm³/mol. The van der Waals surface area contributed by atoms with E-state index < -0.39 is 0 Å². The molecule has 1 aliphatic heterocycles. The quantitative estimate of drug-likeness (QED) is 0.842. The molecule has 2 aromatic rings. The van der Waals surface area contributed by atoms with E-state index >= 15 is 0 Å². The van der Waals surface area contributed by atoms with Crippen LogP contribution in [-0.4, -0.2) is 19.0 Å². The average Bonchev–Trinajstić information content (AvgIpc) is 2.88. The van der Waals surface area contributed by atoms with E-state index in [2.05, 4.69) is 10.2 Å². The summed E-state index contributed by atoms with van der Waals surface area (Å²) in [6, 6.07) is 15.8. The molecular formula is C17H19N3O. The van der Waals surface area contributed by atoms with Crippen LogP contribution >= 0.6 is 0 Å². The molecule has 4 heteroatoms. The summed E-state index contributed by atoms with van der Waals surface area (Å²) in [4.78, 5) is 14.2. The fraction of sp³-hybridized carbons (Fsp3) is 0.235. The number of nitrogens with two attached hydrogens (primary N) is 1. The Morgan fingerprint density at radius 1 is 1.19 bits per heavy atom. The molecule has 0 aromatic heterocycles. The lowest BCUT2D eigenvalue weighted by molar-refractivity contribution is -0.119. The van der Waals surface area contributed by atoms with E-state index in [1.807, 2.05) is 48.5 Å². The number of hydrogen-bond donors (Lipinski definition) is 2. The normalized spacial score (nSPS) is 13.0. The van der Waals surface area contributed by atoms with Gasteiger partial charge < -0.3 is 16.0 Å². The first-order valence-electron chi connectivity index (χ1n) is 7.16. The van der Waals surface area contributed by atoms with Gasteiger partial charge >= 0.3 is 0 Å². The van der Waals surface area contributed by atoms with E-state index in [-0.39, 0.29) is 5.91 Å². The standard InChI is InChI=1S/C17H19N3O/c18-15-7-6-14-8-9-20(16(14)10-15)12-17(21)19-11-13-4-2-1-3-5-13/h1-7,10H,8-9,11-12,18H2,(H,19,21). The highest BCUT2D eigenvalue weighted by atomic mass is 16.2. The predicted octanol–water partition coefficient (Wildman–Crippen LogP) is 1.95. The molecule has 21 heavy (non-hydrogen) atoms. The van der Waals surface area contributed by atoms with Crippen molar-refractivity contribution in [3.8, 4) is 0 Å². The van der Waals surface area contributed by atoms with Crippen LogP contribution in [-0.2, 0) is 17.8 Å². The second-order valence-corrected chi connectivity index (χ2v) is 5.32. The van der Waals surface area contributed by atoms with Crippen LogP contribution < -0.4 is 16.0 Å². The summed E-state index contributed by atoms with van der Waals surface area (Å²) in [5.41, 5.74) is 10.0. The molecule has 0 unspecified atom stereocenters. The number of nitrogens with zero attached hydrogens (tertiary/aromatic N) is 1. The molecule has 0 saturated carbocycles.